The van der Waals surface area contributed by atoms with Gasteiger partial charge in [0.15, 0.2) is 0 Å². The Bertz CT molecular complexity index is 881. The number of thiophene rings is 1. The summed E-state index contributed by atoms with van der Waals surface area (Å²) in [6, 6.07) is 10.8. The van der Waals surface area contributed by atoms with Gasteiger partial charge in [-0.3, -0.25) is 4.79 Å². The standard InChI is InChI=1S/C20H26N2O4S2/c1-26-18-9-3-2-7-16(18)11-12-21-19(23)15-17-8-4-5-13-22(17)28(24,25)20-10-6-14-27-20/h2-3,6-7,9-10,14,17H,4-5,8,11-13,15H2,1H3,(H,21,23). The van der Waals surface area contributed by atoms with E-state index in [9.17, 15) is 13.2 Å². The van der Waals surface area contributed by atoms with E-state index in [4.69, 9.17) is 4.74 Å². The van der Waals surface area contributed by atoms with Crippen LogP contribution in [0.2, 0.25) is 0 Å². The van der Waals surface area contributed by atoms with E-state index in [2.05, 4.69) is 5.32 Å². The second kappa shape index (κ2) is 9.54. The lowest BCUT2D eigenvalue weighted by Crippen LogP contribution is -2.45. The summed E-state index contributed by atoms with van der Waals surface area (Å²) >= 11 is 1.22. The van der Waals surface area contributed by atoms with Crippen molar-refractivity contribution in [1.82, 2.24) is 9.62 Å². The first-order valence-electron chi connectivity index (χ1n) is 9.46. The van der Waals surface area contributed by atoms with Gasteiger partial charge in [0.1, 0.15) is 9.96 Å². The van der Waals surface area contributed by atoms with Gasteiger partial charge >= 0.3 is 0 Å². The number of nitrogens with zero attached hydrogens (tertiary/aromatic N) is 1. The van der Waals surface area contributed by atoms with Crippen LogP contribution in [-0.4, -0.2) is 44.9 Å². The number of methoxy groups -OCH3 is 1. The fraction of sp³-hybridized carbons (Fsp3) is 0.450. The zero-order valence-corrected chi connectivity index (χ0v) is 17.6. The highest BCUT2D eigenvalue weighted by Crippen LogP contribution is 2.29. The van der Waals surface area contributed by atoms with E-state index in [1.165, 1.54) is 15.6 Å². The van der Waals surface area contributed by atoms with E-state index in [0.717, 1.165) is 24.2 Å². The van der Waals surface area contributed by atoms with E-state index in [-0.39, 0.29) is 18.4 Å². The second-order valence-corrected chi connectivity index (χ2v) is 9.88. The molecule has 2 heterocycles. The maximum Gasteiger partial charge on any atom is 0.252 e. The Morgan fingerprint density at radius 1 is 1.25 bits per heavy atom. The zero-order chi connectivity index (χ0) is 20.0. The van der Waals surface area contributed by atoms with Crippen molar-refractivity contribution in [3.05, 3.63) is 47.3 Å². The van der Waals surface area contributed by atoms with Gasteiger partial charge in [-0.2, -0.15) is 4.31 Å². The van der Waals surface area contributed by atoms with Crippen molar-refractivity contribution in [3.8, 4) is 5.75 Å². The normalized spacial score (nSPS) is 18.0. The third kappa shape index (κ3) is 4.92. The quantitative estimate of drug-likeness (QED) is 0.709. The topological polar surface area (TPSA) is 75.7 Å². The molecule has 28 heavy (non-hydrogen) atoms. The average molecular weight is 423 g/mol. The van der Waals surface area contributed by atoms with Crippen LogP contribution in [0, 0.1) is 0 Å². The fourth-order valence-corrected chi connectivity index (χ4v) is 6.36. The van der Waals surface area contributed by atoms with Crippen LogP contribution in [0.25, 0.3) is 0 Å². The molecule has 0 bridgehead atoms. The number of piperidine rings is 1. The van der Waals surface area contributed by atoms with Gasteiger partial charge in [-0.25, -0.2) is 8.42 Å². The number of para-hydroxylation sites is 1. The van der Waals surface area contributed by atoms with Crippen molar-refractivity contribution in [2.75, 3.05) is 20.2 Å². The Morgan fingerprint density at radius 3 is 2.82 bits per heavy atom. The Morgan fingerprint density at radius 2 is 2.07 bits per heavy atom. The lowest BCUT2D eigenvalue weighted by molar-refractivity contribution is -0.122. The summed E-state index contributed by atoms with van der Waals surface area (Å²) < 4.78 is 33.0. The van der Waals surface area contributed by atoms with Crippen LogP contribution in [0.3, 0.4) is 0 Å². The Kier molecular flexibility index (Phi) is 7.09. The molecule has 3 rings (SSSR count). The van der Waals surface area contributed by atoms with Gasteiger partial charge in [0.05, 0.1) is 7.11 Å². The molecule has 1 unspecified atom stereocenters. The van der Waals surface area contributed by atoms with Gasteiger partial charge in [0.25, 0.3) is 10.0 Å². The summed E-state index contributed by atoms with van der Waals surface area (Å²) in [6.07, 6.45) is 3.34. The summed E-state index contributed by atoms with van der Waals surface area (Å²) in [4.78, 5) is 12.5. The monoisotopic (exact) mass is 422 g/mol. The highest BCUT2D eigenvalue weighted by atomic mass is 32.2. The first kappa shape index (κ1) is 20.8. The highest BCUT2D eigenvalue weighted by Gasteiger charge is 2.35. The summed E-state index contributed by atoms with van der Waals surface area (Å²) in [5.74, 6) is 0.686. The third-order valence-corrected chi connectivity index (χ3v) is 8.29. The Labute approximate surface area is 170 Å². The molecule has 8 heteroatoms. The molecule has 1 atom stereocenters. The van der Waals surface area contributed by atoms with Gasteiger partial charge < -0.3 is 10.1 Å². The predicted molar refractivity (Wildman–Crippen MR) is 110 cm³/mol. The van der Waals surface area contributed by atoms with Crippen LogP contribution in [0.1, 0.15) is 31.2 Å². The number of benzene rings is 1. The zero-order valence-electron chi connectivity index (χ0n) is 16.0. The van der Waals surface area contributed by atoms with Gasteiger partial charge in [-0.1, -0.05) is 30.7 Å². The molecule has 152 valence electrons. The molecule has 6 nitrogen and oxygen atoms in total. The summed E-state index contributed by atoms with van der Waals surface area (Å²) in [5, 5.41) is 4.68. The highest BCUT2D eigenvalue weighted by molar-refractivity contribution is 7.91. The fourth-order valence-electron chi connectivity index (χ4n) is 3.55. The van der Waals surface area contributed by atoms with Gasteiger partial charge in [-0.05, 0) is 42.3 Å². The average Bonchev–Trinajstić information content (AvgIpc) is 3.24. The second-order valence-electron chi connectivity index (χ2n) is 6.81. The van der Waals surface area contributed by atoms with Crippen LogP contribution in [-0.2, 0) is 21.2 Å². The molecule has 1 aliphatic rings. The number of carbonyl (C=O) groups is 1. The van der Waals surface area contributed by atoms with Crippen LogP contribution in [0.4, 0.5) is 0 Å². The van der Waals surface area contributed by atoms with E-state index in [1.807, 2.05) is 24.3 Å². The molecule has 1 aromatic carbocycles. The van der Waals surface area contributed by atoms with Crippen LogP contribution in [0.15, 0.2) is 46.0 Å². The van der Waals surface area contributed by atoms with Crippen molar-refractivity contribution >= 4 is 27.3 Å². The Balaban J connectivity index is 1.57. The summed E-state index contributed by atoms with van der Waals surface area (Å²) in [6.45, 7) is 0.961. The number of hydrogen-bond donors (Lipinski definition) is 1. The molecule has 0 saturated carbocycles. The molecule has 1 saturated heterocycles. The molecular weight excluding hydrogens is 396 g/mol. The van der Waals surface area contributed by atoms with Crippen molar-refractivity contribution in [2.24, 2.45) is 0 Å². The summed E-state index contributed by atoms with van der Waals surface area (Å²) in [7, 11) is -1.90. The largest absolute Gasteiger partial charge is 0.496 e. The molecule has 0 radical (unpaired) electrons. The molecule has 1 aromatic heterocycles. The van der Waals surface area contributed by atoms with Crippen molar-refractivity contribution in [1.29, 1.82) is 0 Å². The maximum atomic E-state index is 12.9. The van der Waals surface area contributed by atoms with Gasteiger partial charge in [0.2, 0.25) is 5.91 Å². The number of sulfonamides is 1. The SMILES string of the molecule is COc1ccccc1CCNC(=O)CC1CCCCN1S(=O)(=O)c1cccs1. The minimum Gasteiger partial charge on any atom is -0.496 e. The number of carbonyl (C=O) groups excluding carboxylic acids is 1. The molecule has 0 aliphatic carbocycles. The molecule has 1 amide bonds. The van der Waals surface area contributed by atoms with Gasteiger partial charge in [-0.15, -0.1) is 11.3 Å². The first-order chi connectivity index (χ1) is 13.5. The first-order valence-corrected chi connectivity index (χ1v) is 11.8. The number of rotatable bonds is 8. The molecule has 0 spiro atoms. The van der Waals surface area contributed by atoms with Crippen LogP contribution in [0.5, 0.6) is 5.75 Å². The number of ether oxygens (including phenoxy) is 1. The molecule has 2 aromatic rings. The number of nitrogens with one attached hydrogen (secondary N) is 1. The van der Waals surface area contributed by atoms with Gasteiger partial charge in [0, 0.05) is 25.6 Å². The minimum atomic E-state index is -3.53. The smallest absolute Gasteiger partial charge is 0.252 e. The predicted octanol–water partition coefficient (Wildman–Crippen LogP) is 3.05. The van der Waals surface area contributed by atoms with E-state index < -0.39 is 10.0 Å². The van der Waals surface area contributed by atoms with Crippen molar-refractivity contribution in [2.45, 2.75) is 42.4 Å². The van der Waals surface area contributed by atoms with Crippen molar-refractivity contribution in [3.63, 3.8) is 0 Å². The van der Waals surface area contributed by atoms with Crippen molar-refractivity contribution < 1.29 is 17.9 Å². The minimum absolute atomic E-state index is 0.117. The third-order valence-electron chi connectivity index (χ3n) is 4.96. The maximum absolute atomic E-state index is 12.9. The van der Waals surface area contributed by atoms with E-state index >= 15 is 0 Å². The van der Waals surface area contributed by atoms with E-state index in [1.54, 1.807) is 24.6 Å². The molecular formula is C20H26N2O4S2. The summed E-state index contributed by atoms with van der Waals surface area (Å²) in [5.41, 5.74) is 1.03. The molecule has 1 N–H and O–H groups in total. The lowest BCUT2D eigenvalue weighted by Gasteiger charge is -2.34. The van der Waals surface area contributed by atoms with E-state index in [0.29, 0.717) is 30.1 Å². The Hall–Kier alpha value is -1.90. The number of hydrogen-bond acceptors (Lipinski definition) is 5. The number of amides is 1. The molecule has 1 aliphatic heterocycles. The lowest BCUT2D eigenvalue weighted by atomic mass is 10.0. The molecule has 1 fully saturated rings. The van der Waals surface area contributed by atoms with Crippen LogP contribution >= 0.6 is 11.3 Å². The van der Waals surface area contributed by atoms with Crippen LogP contribution < -0.4 is 10.1 Å².